The summed E-state index contributed by atoms with van der Waals surface area (Å²) in [7, 11) is 0. The number of nitrogens with zero attached hydrogens (tertiary/aromatic N) is 4. The normalized spacial score (nSPS) is 17.4. The number of thioether (sulfide) groups is 1. The largest absolute Gasteiger partial charge is 0.335 e. The Morgan fingerprint density at radius 1 is 1.13 bits per heavy atom. The Morgan fingerprint density at radius 3 is 2.81 bits per heavy atom. The van der Waals surface area contributed by atoms with Crippen molar-refractivity contribution in [3.63, 3.8) is 0 Å². The quantitative estimate of drug-likeness (QED) is 0.661. The van der Waals surface area contributed by atoms with Crippen molar-refractivity contribution in [1.29, 1.82) is 0 Å². The highest BCUT2D eigenvalue weighted by Gasteiger charge is 2.23. The van der Waals surface area contributed by atoms with E-state index in [9.17, 15) is 9.59 Å². The van der Waals surface area contributed by atoms with Gasteiger partial charge in [-0.3, -0.25) is 9.59 Å². The zero-order valence-electron chi connectivity index (χ0n) is 18.4. The number of aryl methyl sites for hydroxylation is 2. The van der Waals surface area contributed by atoms with E-state index in [0.717, 1.165) is 55.3 Å². The molecule has 31 heavy (non-hydrogen) atoms. The van der Waals surface area contributed by atoms with E-state index in [1.165, 1.54) is 29.3 Å². The van der Waals surface area contributed by atoms with Gasteiger partial charge in [0.15, 0.2) is 11.0 Å². The number of likely N-dealkylation sites (tertiary alicyclic amines) is 1. The number of carbonyl (C=O) groups excluding carboxylic acids is 2. The van der Waals surface area contributed by atoms with Crippen molar-refractivity contribution in [3.05, 3.63) is 35.2 Å². The van der Waals surface area contributed by atoms with E-state index < -0.39 is 0 Å². The van der Waals surface area contributed by atoms with E-state index in [4.69, 9.17) is 0 Å². The number of benzene rings is 1. The number of hydrogen-bond acceptors (Lipinski definition) is 5. The van der Waals surface area contributed by atoms with Crippen molar-refractivity contribution < 1.29 is 9.59 Å². The topological polar surface area (TPSA) is 80.1 Å². The van der Waals surface area contributed by atoms with Crippen LogP contribution in [0.2, 0.25) is 0 Å². The van der Waals surface area contributed by atoms with Gasteiger partial charge in [-0.15, -0.1) is 10.2 Å². The Balaban J connectivity index is 1.40. The molecule has 2 heterocycles. The molecule has 2 amide bonds. The fourth-order valence-electron chi connectivity index (χ4n) is 4.32. The maximum Gasteiger partial charge on any atom is 0.237 e. The molecule has 0 spiro atoms. The van der Waals surface area contributed by atoms with Crippen molar-refractivity contribution in [1.82, 2.24) is 19.7 Å². The summed E-state index contributed by atoms with van der Waals surface area (Å²) in [5.74, 6) is 0.934. The van der Waals surface area contributed by atoms with Gasteiger partial charge in [-0.05, 0) is 69.2 Å². The van der Waals surface area contributed by atoms with Crippen LogP contribution in [0.3, 0.4) is 0 Å². The highest BCUT2D eigenvalue weighted by Crippen LogP contribution is 2.27. The van der Waals surface area contributed by atoms with Gasteiger partial charge in [-0.1, -0.05) is 24.2 Å². The lowest BCUT2D eigenvalue weighted by Crippen LogP contribution is -2.31. The second-order valence-electron chi connectivity index (χ2n) is 8.36. The third-order valence-electron chi connectivity index (χ3n) is 6.13. The number of aromatic nitrogens is 3. The van der Waals surface area contributed by atoms with Crippen molar-refractivity contribution in [2.24, 2.45) is 0 Å². The SMILES string of the molecule is CCn1c(CN2CCCCCC2=O)nnc1S[C@@H](C)C(=O)Nc1ccc2c(c1)CCC2. The van der Waals surface area contributed by atoms with Gasteiger partial charge in [0.2, 0.25) is 11.8 Å². The molecule has 7 nitrogen and oxygen atoms in total. The number of amides is 2. The zero-order valence-corrected chi connectivity index (χ0v) is 19.2. The number of fused-ring (bicyclic) bond motifs is 1. The average Bonchev–Trinajstić information content (AvgIpc) is 3.32. The van der Waals surface area contributed by atoms with Gasteiger partial charge in [-0.25, -0.2) is 0 Å². The number of nitrogens with one attached hydrogen (secondary N) is 1. The predicted molar refractivity (Wildman–Crippen MR) is 122 cm³/mol. The first-order valence-corrected chi connectivity index (χ1v) is 12.2. The smallest absolute Gasteiger partial charge is 0.237 e. The third kappa shape index (κ3) is 5.11. The van der Waals surface area contributed by atoms with E-state index >= 15 is 0 Å². The standard InChI is InChI=1S/C23H31N5O2S/c1-3-28-20(15-27-13-6-4-5-10-21(27)29)25-26-23(28)31-16(2)22(30)24-19-12-11-17-8-7-9-18(17)14-19/h11-12,14,16H,3-10,13,15H2,1-2H3,(H,24,30)/t16-/m0/s1. The number of anilines is 1. The molecule has 1 aromatic heterocycles. The van der Waals surface area contributed by atoms with Crippen molar-refractivity contribution >= 4 is 29.3 Å². The van der Waals surface area contributed by atoms with Gasteiger partial charge < -0.3 is 14.8 Å². The second-order valence-corrected chi connectivity index (χ2v) is 9.66. The van der Waals surface area contributed by atoms with E-state index in [1.54, 1.807) is 0 Å². The van der Waals surface area contributed by atoms with Crippen LogP contribution in [0.1, 0.15) is 62.9 Å². The van der Waals surface area contributed by atoms with Crippen LogP contribution in [0.5, 0.6) is 0 Å². The van der Waals surface area contributed by atoms with Gasteiger partial charge in [0, 0.05) is 25.2 Å². The van der Waals surface area contributed by atoms with E-state index in [0.29, 0.717) is 19.5 Å². The van der Waals surface area contributed by atoms with Gasteiger partial charge in [0.1, 0.15) is 0 Å². The molecule has 0 radical (unpaired) electrons. The summed E-state index contributed by atoms with van der Waals surface area (Å²) in [4.78, 5) is 27.0. The molecule has 8 heteroatoms. The average molecular weight is 442 g/mol. The molecule has 166 valence electrons. The summed E-state index contributed by atoms with van der Waals surface area (Å²) in [6.45, 7) is 5.88. The maximum atomic E-state index is 12.8. The molecule has 0 saturated carbocycles. The molecule has 1 aliphatic heterocycles. The molecule has 1 aromatic carbocycles. The van der Waals surface area contributed by atoms with Crippen LogP contribution in [-0.2, 0) is 35.5 Å². The number of rotatable bonds is 7. The molecule has 0 bridgehead atoms. The highest BCUT2D eigenvalue weighted by molar-refractivity contribution is 8.00. The van der Waals surface area contributed by atoms with E-state index in [2.05, 4.69) is 27.6 Å². The van der Waals surface area contributed by atoms with E-state index in [1.807, 2.05) is 29.4 Å². The second kappa shape index (κ2) is 9.85. The molecule has 1 atom stereocenters. The third-order valence-corrected chi connectivity index (χ3v) is 7.21. The van der Waals surface area contributed by atoms with Crippen LogP contribution in [-0.4, -0.2) is 43.3 Å². The Kier molecular flexibility index (Phi) is 6.95. The maximum absolute atomic E-state index is 12.8. The van der Waals surface area contributed by atoms with E-state index in [-0.39, 0.29) is 17.1 Å². The molecular formula is C23H31N5O2S. The molecule has 1 saturated heterocycles. The molecule has 1 aliphatic carbocycles. The van der Waals surface area contributed by atoms with Crippen molar-refractivity contribution in [2.75, 3.05) is 11.9 Å². The Bertz CT molecular complexity index is 957. The first-order chi connectivity index (χ1) is 15.0. The lowest BCUT2D eigenvalue weighted by Gasteiger charge is -2.20. The minimum atomic E-state index is -0.310. The molecular weight excluding hydrogens is 410 g/mol. The first kappa shape index (κ1) is 21.9. The molecule has 0 unspecified atom stereocenters. The monoisotopic (exact) mass is 441 g/mol. The Morgan fingerprint density at radius 2 is 1.97 bits per heavy atom. The molecule has 1 N–H and O–H groups in total. The van der Waals surface area contributed by atoms with Crippen LogP contribution < -0.4 is 5.32 Å². The molecule has 2 aromatic rings. The minimum Gasteiger partial charge on any atom is -0.335 e. The van der Waals surface area contributed by atoms with Crippen LogP contribution in [0.15, 0.2) is 23.4 Å². The van der Waals surface area contributed by atoms with Gasteiger partial charge >= 0.3 is 0 Å². The summed E-state index contributed by atoms with van der Waals surface area (Å²) < 4.78 is 2.02. The van der Waals surface area contributed by atoms with Crippen LogP contribution in [0, 0.1) is 0 Å². The summed E-state index contributed by atoms with van der Waals surface area (Å²) in [6.07, 6.45) is 7.12. The van der Waals surface area contributed by atoms with Gasteiger partial charge in [0.05, 0.1) is 11.8 Å². The summed E-state index contributed by atoms with van der Waals surface area (Å²) >= 11 is 1.41. The van der Waals surface area contributed by atoms with Gasteiger partial charge in [-0.2, -0.15) is 0 Å². The first-order valence-electron chi connectivity index (χ1n) is 11.3. The molecule has 4 rings (SSSR count). The van der Waals surface area contributed by atoms with Crippen molar-refractivity contribution in [3.8, 4) is 0 Å². The highest BCUT2D eigenvalue weighted by atomic mass is 32.2. The Hall–Kier alpha value is -2.35. The summed E-state index contributed by atoms with van der Waals surface area (Å²) in [6, 6.07) is 6.21. The zero-order chi connectivity index (χ0) is 21.8. The fourth-order valence-corrected chi connectivity index (χ4v) is 5.25. The lowest BCUT2D eigenvalue weighted by atomic mass is 10.1. The Labute approximate surface area is 188 Å². The van der Waals surface area contributed by atoms with Crippen LogP contribution >= 0.6 is 11.8 Å². The summed E-state index contributed by atoms with van der Waals surface area (Å²) in [5.41, 5.74) is 3.60. The number of carbonyl (C=O) groups is 2. The van der Waals surface area contributed by atoms with Gasteiger partial charge in [0.25, 0.3) is 0 Å². The lowest BCUT2D eigenvalue weighted by molar-refractivity contribution is -0.131. The molecule has 2 aliphatic rings. The summed E-state index contributed by atoms with van der Waals surface area (Å²) in [5, 5.41) is 12.1. The fraction of sp³-hybridized carbons (Fsp3) is 0.565. The van der Waals surface area contributed by atoms with Crippen molar-refractivity contribution in [2.45, 2.75) is 82.3 Å². The minimum absolute atomic E-state index is 0.0437. The van der Waals surface area contributed by atoms with Crippen LogP contribution in [0.25, 0.3) is 0 Å². The molecule has 1 fully saturated rings. The number of hydrogen-bond donors (Lipinski definition) is 1. The van der Waals surface area contributed by atoms with Crippen LogP contribution in [0.4, 0.5) is 5.69 Å². The predicted octanol–water partition coefficient (Wildman–Crippen LogP) is 3.81.